The minimum atomic E-state index is -0.664. The molecule has 1 saturated carbocycles. The van der Waals surface area contributed by atoms with Gasteiger partial charge in [-0.3, -0.25) is 9.59 Å². The fourth-order valence-corrected chi connectivity index (χ4v) is 2.25. The van der Waals surface area contributed by atoms with Gasteiger partial charge in [0.1, 0.15) is 0 Å². The minimum absolute atomic E-state index is 0.0992. The first-order valence-corrected chi connectivity index (χ1v) is 7.90. The van der Waals surface area contributed by atoms with E-state index in [1.807, 2.05) is 0 Å². The summed E-state index contributed by atoms with van der Waals surface area (Å²) in [5, 5.41) is 8.09. The molecule has 2 aromatic carbocycles. The highest BCUT2D eigenvalue weighted by molar-refractivity contribution is 6.05. The number of anilines is 2. The van der Waals surface area contributed by atoms with Crippen LogP contribution in [0.1, 0.15) is 33.6 Å². The molecule has 4 amide bonds. The van der Waals surface area contributed by atoms with Gasteiger partial charge >= 0.3 is 6.03 Å². The number of carbonyl (C=O) groups is 3. The molecule has 0 atom stereocenters. The third kappa shape index (κ3) is 4.57. The second-order valence-corrected chi connectivity index (χ2v) is 5.85. The van der Waals surface area contributed by atoms with Crippen LogP contribution in [0, 0.1) is 0 Å². The van der Waals surface area contributed by atoms with Crippen molar-refractivity contribution >= 4 is 29.2 Å². The summed E-state index contributed by atoms with van der Waals surface area (Å²) in [6.45, 7) is 0. The van der Waals surface area contributed by atoms with Gasteiger partial charge in [-0.2, -0.15) is 0 Å². The maximum absolute atomic E-state index is 12.2. The number of rotatable bonds is 5. The molecule has 7 heteroatoms. The molecule has 0 bridgehead atoms. The van der Waals surface area contributed by atoms with Crippen molar-refractivity contribution in [3.05, 3.63) is 59.7 Å². The molecule has 1 fully saturated rings. The van der Waals surface area contributed by atoms with Crippen molar-refractivity contribution in [2.75, 3.05) is 10.6 Å². The SMILES string of the molecule is NC(=O)Nc1ccc(C(=O)Nc2ccc(C(=O)NC3CC3)cc2)cc1. The summed E-state index contributed by atoms with van der Waals surface area (Å²) in [7, 11) is 0. The van der Waals surface area contributed by atoms with E-state index in [4.69, 9.17) is 5.73 Å². The molecule has 0 unspecified atom stereocenters. The average Bonchev–Trinajstić information content (AvgIpc) is 3.39. The summed E-state index contributed by atoms with van der Waals surface area (Å²) in [4.78, 5) is 34.9. The Labute approximate surface area is 144 Å². The Bertz CT molecular complexity index is 796. The molecule has 0 spiro atoms. The van der Waals surface area contributed by atoms with Crippen LogP contribution in [0.3, 0.4) is 0 Å². The summed E-state index contributed by atoms with van der Waals surface area (Å²) in [6.07, 6.45) is 2.07. The van der Waals surface area contributed by atoms with Crippen molar-refractivity contribution in [3.8, 4) is 0 Å². The highest BCUT2D eigenvalue weighted by atomic mass is 16.2. The van der Waals surface area contributed by atoms with E-state index in [1.165, 1.54) is 0 Å². The van der Waals surface area contributed by atoms with Crippen LogP contribution in [0.5, 0.6) is 0 Å². The number of nitrogens with one attached hydrogen (secondary N) is 3. The van der Waals surface area contributed by atoms with Crippen LogP contribution in [0.4, 0.5) is 16.2 Å². The first kappa shape index (κ1) is 16.5. The molecule has 25 heavy (non-hydrogen) atoms. The van der Waals surface area contributed by atoms with Crippen molar-refractivity contribution in [3.63, 3.8) is 0 Å². The number of hydrogen-bond donors (Lipinski definition) is 4. The summed E-state index contributed by atoms with van der Waals surface area (Å²) < 4.78 is 0. The molecule has 3 rings (SSSR count). The van der Waals surface area contributed by atoms with Crippen LogP contribution in [0.15, 0.2) is 48.5 Å². The largest absolute Gasteiger partial charge is 0.351 e. The van der Waals surface area contributed by atoms with Gasteiger partial charge in [0.15, 0.2) is 0 Å². The lowest BCUT2D eigenvalue weighted by atomic mass is 10.1. The van der Waals surface area contributed by atoms with E-state index in [9.17, 15) is 14.4 Å². The second kappa shape index (κ2) is 7.04. The smallest absolute Gasteiger partial charge is 0.316 e. The van der Waals surface area contributed by atoms with E-state index in [0.29, 0.717) is 28.5 Å². The number of amides is 4. The zero-order valence-electron chi connectivity index (χ0n) is 13.4. The van der Waals surface area contributed by atoms with Crippen LogP contribution in [0.2, 0.25) is 0 Å². The monoisotopic (exact) mass is 338 g/mol. The van der Waals surface area contributed by atoms with Gasteiger partial charge in [0.25, 0.3) is 11.8 Å². The molecule has 128 valence electrons. The maximum Gasteiger partial charge on any atom is 0.316 e. The third-order valence-electron chi connectivity index (χ3n) is 3.73. The summed E-state index contributed by atoms with van der Waals surface area (Å²) in [5.74, 6) is -0.390. The topological polar surface area (TPSA) is 113 Å². The lowest BCUT2D eigenvalue weighted by molar-refractivity contribution is 0.0950. The normalized spacial score (nSPS) is 13.0. The van der Waals surface area contributed by atoms with Gasteiger partial charge in [-0.15, -0.1) is 0 Å². The molecule has 0 aliphatic heterocycles. The zero-order chi connectivity index (χ0) is 17.8. The summed E-state index contributed by atoms with van der Waals surface area (Å²) in [5.41, 5.74) is 7.13. The Hall–Kier alpha value is -3.35. The summed E-state index contributed by atoms with van der Waals surface area (Å²) in [6, 6.07) is 12.7. The van der Waals surface area contributed by atoms with Crippen LogP contribution < -0.4 is 21.7 Å². The molecule has 5 N–H and O–H groups in total. The standard InChI is InChI=1S/C18H18N4O3/c19-18(25)22-15-7-3-12(4-8-15)16(23)20-13-5-1-11(2-6-13)17(24)21-14-9-10-14/h1-8,14H,9-10H2,(H,20,23)(H,21,24)(H3,19,22,25). The molecule has 0 saturated heterocycles. The maximum atomic E-state index is 12.2. The molecule has 0 heterocycles. The molecular weight excluding hydrogens is 320 g/mol. The number of carbonyl (C=O) groups excluding carboxylic acids is 3. The van der Waals surface area contributed by atoms with E-state index in [1.54, 1.807) is 48.5 Å². The first-order valence-electron chi connectivity index (χ1n) is 7.90. The van der Waals surface area contributed by atoms with Gasteiger partial charge < -0.3 is 21.7 Å². The molecule has 7 nitrogen and oxygen atoms in total. The Kier molecular flexibility index (Phi) is 4.65. The Morgan fingerprint density at radius 3 is 1.72 bits per heavy atom. The van der Waals surface area contributed by atoms with E-state index >= 15 is 0 Å². The predicted molar refractivity (Wildman–Crippen MR) is 94.5 cm³/mol. The van der Waals surface area contributed by atoms with E-state index < -0.39 is 6.03 Å². The van der Waals surface area contributed by atoms with Crippen molar-refractivity contribution in [2.45, 2.75) is 18.9 Å². The fourth-order valence-electron chi connectivity index (χ4n) is 2.25. The Balaban J connectivity index is 1.60. The average molecular weight is 338 g/mol. The van der Waals surface area contributed by atoms with Gasteiger partial charge in [-0.05, 0) is 61.4 Å². The number of hydrogen-bond acceptors (Lipinski definition) is 3. The first-order chi connectivity index (χ1) is 12.0. The van der Waals surface area contributed by atoms with Crippen molar-refractivity contribution < 1.29 is 14.4 Å². The molecule has 1 aliphatic carbocycles. The van der Waals surface area contributed by atoms with Gasteiger partial charge in [0.2, 0.25) is 0 Å². The van der Waals surface area contributed by atoms with Crippen LogP contribution >= 0.6 is 0 Å². The minimum Gasteiger partial charge on any atom is -0.351 e. The number of benzene rings is 2. The number of urea groups is 1. The number of nitrogens with two attached hydrogens (primary N) is 1. The van der Waals surface area contributed by atoms with Crippen LogP contribution in [-0.2, 0) is 0 Å². The Morgan fingerprint density at radius 1 is 0.760 bits per heavy atom. The van der Waals surface area contributed by atoms with Gasteiger partial charge in [-0.1, -0.05) is 0 Å². The molecule has 0 aromatic heterocycles. The van der Waals surface area contributed by atoms with E-state index in [0.717, 1.165) is 12.8 Å². The van der Waals surface area contributed by atoms with Crippen molar-refractivity contribution in [1.82, 2.24) is 5.32 Å². The van der Waals surface area contributed by atoms with E-state index in [-0.39, 0.29) is 11.8 Å². The number of primary amides is 1. The molecule has 2 aromatic rings. The van der Waals surface area contributed by atoms with E-state index in [2.05, 4.69) is 16.0 Å². The summed E-state index contributed by atoms with van der Waals surface area (Å²) >= 11 is 0. The fraction of sp³-hybridized carbons (Fsp3) is 0.167. The third-order valence-corrected chi connectivity index (χ3v) is 3.73. The van der Waals surface area contributed by atoms with Gasteiger partial charge in [0, 0.05) is 28.5 Å². The van der Waals surface area contributed by atoms with Gasteiger partial charge in [-0.25, -0.2) is 4.79 Å². The highest BCUT2D eigenvalue weighted by Crippen LogP contribution is 2.20. The molecule has 1 aliphatic rings. The second-order valence-electron chi connectivity index (χ2n) is 5.85. The lowest BCUT2D eigenvalue weighted by Crippen LogP contribution is -2.25. The van der Waals surface area contributed by atoms with Crippen LogP contribution in [-0.4, -0.2) is 23.9 Å². The van der Waals surface area contributed by atoms with Gasteiger partial charge in [0.05, 0.1) is 0 Å². The predicted octanol–water partition coefficient (Wildman–Crippen LogP) is 2.32. The quantitative estimate of drug-likeness (QED) is 0.671. The Morgan fingerprint density at radius 2 is 1.24 bits per heavy atom. The van der Waals surface area contributed by atoms with Crippen LogP contribution in [0.25, 0.3) is 0 Å². The zero-order valence-corrected chi connectivity index (χ0v) is 13.4. The molecular formula is C18H18N4O3. The van der Waals surface area contributed by atoms with Crippen molar-refractivity contribution in [1.29, 1.82) is 0 Å². The highest BCUT2D eigenvalue weighted by Gasteiger charge is 2.23. The lowest BCUT2D eigenvalue weighted by Gasteiger charge is -2.08. The van der Waals surface area contributed by atoms with Crippen molar-refractivity contribution in [2.24, 2.45) is 5.73 Å². The molecule has 0 radical (unpaired) electrons.